The Morgan fingerprint density at radius 2 is 1.57 bits per heavy atom. The lowest BCUT2D eigenvalue weighted by molar-refractivity contribution is -0.188. The van der Waals surface area contributed by atoms with E-state index in [9.17, 15) is 14.4 Å². The van der Waals surface area contributed by atoms with Crippen LogP contribution in [0, 0.1) is 50.2 Å². The SMILES string of the molecule is CCN(CC)CCOC(=O)[C@@]1(C)CC[C@]2(C)CC[C@]3(C)C(=CC(=O)[C@@H]4[C@@]5(C)CCC(=O)C(C)(C)[C@@H]5CC[C@]43C)[C@@H]2C1.Cl. The van der Waals surface area contributed by atoms with Crippen molar-refractivity contribution < 1.29 is 19.1 Å². The van der Waals surface area contributed by atoms with Crippen LogP contribution < -0.4 is 0 Å². The molecule has 42 heavy (non-hydrogen) atoms. The van der Waals surface area contributed by atoms with Crippen LogP contribution >= 0.6 is 12.4 Å². The molecule has 5 aliphatic carbocycles. The normalized spacial score (nSPS) is 44.1. The molecule has 0 aromatic rings. The van der Waals surface area contributed by atoms with E-state index < -0.39 is 5.41 Å². The molecule has 0 aromatic carbocycles. The summed E-state index contributed by atoms with van der Waals surface area (Å²) >= 11 is 0. The van der Waals surface area contributed by atoms with Gasteiger partial charge in [-0.25, -0.2) is 0 Å². The zero-order chi connectivity index (χ0) is 30.2. The molecule has 4 fully saturated rings. The number of hydrogen-bond acceptors (Lipinski definition) is 5. The number of ether oxygens (including phenoxy) is 1. The van der Waals surface area contributed by atoms with Crippen molar-refractivity contribution in [2.75, 3.05) is 26.2 Å². The summed E-state index contributed by atoms with van der Waals surface area (Å²) in [5.41, 5.74) is 0.145. The van der Waals surface area contributed by atoms with Gasteiger partial charge in [-0.05, 0) is 111 Å². The summed E-state index contributed by atoms with van der Waals surface area (Å²) in [5.74, 6) is 0.998. The summed E-state index contributed by atoms with van der Waals surface area (Å²) in [6.45, 7) is 23.4. The van der Waals surface area contributed by atoms with Gasteiger partial charge in [0.25, 0.3) is 0 Å². The highest BCUT2D eigenvalue weighted by Crippen LogP contribution is 2.74. The molecule has 0 aliphatic heterocycles. The number of nitrogens with zero attached hydrogens (tertiary/aromatic N) is 1. The summed E-state index contributed by atoms with van der Waals surface area (Å²) in [6, 6.07) is 0. The molecule has 0 N–H and O–H groups in total. The van der Waals surface area contributed by atoms with Crippen LogP contribution in [0.15, 0.2) is 11.6 Å². The minimum Gasteiger partial charge on any atom is -0.464 e. The molecule has 6 heteroatoms. The molecule has 0 spiro atoms. The van der Waals surface area contributed by atoms with Gasteiger partial charge in [0.1, 0.15) is 12.4 Å². The Kier molecular flexibility index (Phi) is 8.82. The standard InChI is InChI=1S/C36H57NO4.ClH/c1-10-37(11-2)20-21-41-30(40)33(6)17-16-32(5)18-19-35(8)24(25(32)23-33)22-26(38)29-34(7)14-13-28(39)31(3,4)27(34)12-15-36(29,35)9;/h22,25,27,29H,10-21,23H2,1-9H3;1H/t25-,27-,29+,32+,33-,34-,35+,36+;/m0./s1. The van der Waals surface area contributed by atoms with Crippen LogP contribution in [-0.4, -0.2) is 48.7 Å². The van der Waals surface area contributed by atoms with E-state index in [1.54, 1.807) is 0 Å². The van der Waals surface area contributed by atoms with Crippen LogP contribution in [0.2, 0.25) is 0 Å². The Morgan fingerprint density at radius 1 is 0.929 bits per heavy atom. The molecule has 5 nitrogen and oxygen atoms in total. The van der Waals surface area contributed by atoms with Crippen LogP contribution in [0.25, 0.3) is 0 Å². The highest BCUT2D eigenvalue weighted by atomic mass is 35.5. The summed E-state index contributed by atoms with van der Waals surface area (Å²) < 4.78 is 5.93. The van der Waals surface area contributed by atoms with Crippen molar-refractivity contribution in [2.24, 2.45) is 50.2 Å². The van der Waals surface area contributed by atoms with E-state index in [0.29, 0.717) is 18.8 Å². The number of carbonyl (C=O) groups is 3. The molecule has 5 aliphatic rings. The first kappa shape index (κ1) is 33.7. The molecule has 0 radical (unpaired) electrons. The molecular weight excluding hydrogens is 546 g/mol. The van der Waals surface area contributed by atoms with Gasteiger partial charge in [0.05, 0.1) is 5.41 Å². The van der Waals surface area contributed by atoms with Crippen molar-refractivity contribution in [3.63, 3.8) is 0 Å². The average Bonchev–Trinajstić information content (AvgIpc) is 2.91. The van der Waals surface area contributed by atoms with Crippen LogP contribution in [0.4, 0.5) is 0 Å². The topological polar surface area (TPSA) is 63.7 Å². The van der Waals surface area contributed by atoms with Crippen molar-refractivity contribution in [3.8, 4) is 0 Å². The van der Waals surface area contributed by atoms with E-state index in [-0.39, 0.29) is 69.0 Å². The van der Waals surface area contributed by atoms with Gasteiger partial charge in [0, 0.05) is 24.3 Å². The lowest BCUT2D eigenvalue weighted by Crippen LogP contribution is -2.66. The first-order chi connectivity index (χ1) is 19.0. The van der Waals surface area contributed by atoms with Crippen molar-refractivity contribution >= 4 is 29.9 Å². The van der Waals surface area contributed by atoms with Crippen molar-refractivity contribution in [3.05, 3.63) is 11.6 Å². The quantitative estimate of drug-likeness (QED) is 0.289. The highest BCUT2D eigenvalue weighted by molar-refractivity contribution is 5.96. The second kappa shape index (κ2) is 11.0. The number of carbonyl (C=O) groups excluding carboxylic acids is 3. The maximum atomic E-state index is 14.5. The van der Waals surface area contributed by atoms with Gasteiger partial charge in [-0.15, -0.1) is 12.4 Å². The van der Waals surface area contributed by atoms with Gasteiger partial charge >= 0.3 is 5.97 Å². The Balaban J connectivity index is 0.00000405. The first-order valence-electron chi connectivity index (χ1n) is 16.7. The molecule has 0 amide bonds. The summed E-state index contributed by atoms with van der Waals surface area (Å²) in [4.78, 5) is 43.4. The van der Waals surface area contributed by atoms with Crippen LogP contribution in [-0.2, 0) is 19.1 Å². The molecule has 8 atom stereocenters. The van der Waals surface area contributed by atoms with Crippen molar-refractivity contribution in [1.82, 2.24) is 4.90 Å². The predicted molar refractivity (Wildman–Crippen MR) is 170 cm³/mol. The van der Waals surface area contributed by atoms with Gasteiger partial charge in [0.15, 0.2) is 5.78 Å². The molecule has 5 rings (SSSR count). The van der Waals surface area contributed by atoms with Crippen molar-refractivity contribution in [1.29, 1.82) is 0 Å². The lowest BCUT2D eigenvalue weighted by atomic mass is 9.33. The molecule has 0 unspecified atom stereocenters. The zero-order valence-electron chi connectivity index (χ0n) is 28.0. The zero-order valence-corrected chi connectivity index (χ0v) is 28.8. The Morgan fingerprint density at radius 3 is 2.21 bits per heavy atom. The lowest BCUT2D eigenvalue weighted by Gasteiger charge is -2.69. The van der Waals surface area contributed by atoms with Gasteiger partial charge in [-0.3, -0.25) is 14.4 Å². The number of Topliss-reactive ketones (excluding diaryl/α,β-unsaturated/α-hetero) is 1. The third-order valence-electron chi connectivity index (χ3n) is 14.3. The predicted octanol–water partition coefficient (Wildman–Crippen LogP) is 7.84. The number of allylic oxidation sites excluding steroid dienone is 2. The van der Waals surface area contributed by atoms with Crippen LogP contribution in [0.5, 0.6) is 0 Å². The molecule has 0 aromatic heterocycles. The average molecular weight is 604 g/mol. The minimum absolute atomic E-state index is 0. The number of esters is 1. The Labute approximate surface area is 261 Å². The van der Waals surface area contributed by atoms with E-state index in [0.717, 1.165) is 71.0 Å². The maximum absolute atomic E-state index is 14.5. The smallest absolute Gasteiger partial charge is 0.311 e. The number of ketones is 2. The van der Waals surface area contributed by atoms with Gasteiger partial charge < -0.3 is 9.64 Å². The fraction of sp³-hybridized carbons (Fsp3) is 0.861. The molecule has 0 bridgehead atoms. The van der Waals surface area contributed by atoms with E-state index in [2.05, 4.69) is 73.3 Å². The minimum atomic E-state index is -0.523. The summed E-state index contributed by atoms with van der Waals surface area (Å²) in [7, 11) is 0. The van der Waals surface area contributed by atoms with Crippen LogP contribution in [0.3, 0.4) is 0 Å². The fourth-order valence-electron chi connectivity index (χ4n) is 11.1. The van der Waals surface area contributed by atoms with E-state index in [1.165, 1.54) is 5.57 Å². The first-order valence-corrected chi connectivity index (χ1v) is 16.7. The fourth-order valence-corrected chi connectivity index (χ4v) is 11.1. The second-order valence-electron chi connectivity index (χ2n) is 16.6. The summed E-state index contributed by atoms with van der Waals surface area (Å²) in [6.07, 6.45) is 10.3. The van der Waals surface area contributed by atoms with Gasteiger partial charge in [-0.1, -0.05) is 61.0 Å². The molecule has 4 saturated carbocycles. The van der Waals surface area contributed by atoms with Gasteiger partial charge in [0.2, 0.25) is 0 Å². The van der Waals surface area contributed by atoms with Crippen molar-refractivity contribution in [2.45, 2.75) is 120 Å². The Bertz CT molecular complexity index is 1140. The third-order valence-corrected chi connectivity index (χ3v) is 14.3. The monoisotopic (exact) mass is 603 g/mol. The number of fused-ring (bicyclic) bond motifs is 7. The molecular formula is C36H58ClNO4. The Hall–Kier alpha value is -1.20. The number of hydrogen-bond donors (Lipinski definition) is 0. The van der Waals surface area contributed by atoms with E-state index in [4.69, 9.17) is 4.74 Å². The number of halogens is 1. The second-order valence-corrected chi connectivity index (χ2v) is 16.6. The van der Waals surface area contributed by atoms with E-state index in [1.807, 2.05) is 0 Å². The van der Waals surface area contributed by atoms with Gasteiger partial charge in [-0.2, -0.15) is 0 Å². The summed E-state index contributed by atoms with van der Waals surface area (Å²) in [5, 5.41) is 0. The number of rotatable bonds is 6. The molecule has 238 valence electrons. The van der Waals surface area contributed by atoms with E-state index >= 15 is 0 Å². The molecule has 0 heterocycles. The highest BCUT2D eigenvalue weighted by Gasteiger charge is 2.70. The maximum Gasteiger partial charge on any atom is 0.311 e. The molecule has 0 saturated heterocycles. The third kappa shape index (κ3) is 4.68. The van der Waals surface area contributed by atoms with Crippen LogP contribution in [0.1, 0.15) is 120 Å². The largest absolute Gasteiger partial charge is 0.464 e. The number of likely N-dealkylation sites (N-methyl/N-ethyl adjacent to an activating group) is 1.